The minimum absolute atomic E-state index is 0. The van der Waals surface area contributed by atoms with Crippen LogP contribution in [0.25, 0.3) is 0 Å². The number of hydrogen-bond donors (Lipinski definition) is 6. The summed E-state index contributed by atoms with van der Waals surface area (Å²) in [7, 11) is 0. The summed E-state index contributed by atoms with van der Waals surface area (Å²) in [4.78, 5) is 0. The van der Waals surface area contributed by atoms with Gasteiger partial charge in [0.05, 0.1) is 0 Å². The molecule has 0 amide bonds. The molecular weight excluding hydrogens is 190 g/mol. The van der Waals surface area contributed by atoms with E-state index in [1.165, 1.54) is 0 Å². The quantitative estimate of drug-likeness (QED) is 0.319. The fourth-order valence-electron chi connectivity index (χ4n) is 0. The molecule has 0 atom stereocenters. The first-order valence-electron chi connectivity index (χ1n) is 0. The summed E-state index contributed by atoms with van der Waals surface area (Å²) in [6, 6.07) is 0. The van der Waals surface area contributed by atoms with Crippen LogP contribution >= 0.6 is 0 Å². The Morgan fingerprint density at radius 1 is 0.286 bits per heavy atom. The van der Waals surface area contributed by atoms with Crippen molar-refractivity contribution in [3.63, 3.8) is 0 Å². The molecule has 0 spiro atoms. The first-order valence-corrected chi connectivity index (χ1v) is 0. The van der Waals surface area contributed by atoms with Gasteiger partial charge in [0.1, 0.15) is 0 Å². The van der Waals surface area contributed by atoms with Crippen LogP contribution in [0, 0.1) is 0 Å². The van der Waals surface area contributed by atoms with E-state index in [1.54, 1.807) is 0 Å². The summed E-state index contributed by atoms with van der Waals surface area (Å²) in [6.45, 7) is 0. The third kappa shape index (κ3) is 704. The minimum atomic E-state index is 0. The molecule has 0 aliphatic rings. The molecule has 7 heteroatoms. The first-order chi connectivity index (χ1) is 0. The molecule has 6 nitrogen and oxygen atoms in total. The van der Waals surface area contributed by atoms with Crippen LogP contribution in [0.1, 0.15) is 0 Å². The van der Waals surface area contributed by atoms with E-state index in [4.69, 9.17) is 0 Å². The van der Waals surface area contributed by atoms with Crippen LogP contribution in [-0.4, -0.2) is 0 Å². The van der Waals surface area contributed by atoms with E-state index in [0.717, 1.165) is 0 Å². The van der Waals surface area contributed by atoms with Gasteiger partial charge in [0.25, 0.3) is 0 Å². The largest absolute Gasteiger partial charge is 0.344 e. The van der Waals surface area contributed by atoms with Gasteiger partial charge in [-0.05, 0) is 0 Å². The first kappa shape index (κ1) is 1720. The van der Waals surface area contributed by atoms with Crippen LogP contribution in [-0.2, 0) is 20.4 Å². The van der Waals surface area contributed by atoms with Gasteiger partial charge in [-0.1, -0.05) is 0 Å². The van der Waals surface area contributed by atoms with E-state index >= 15 is 0 Å². The summed E-state index contributed by atoms with van der Waals surface area (Å²) >= 11 is 0. The molecule has 0 heterocycles. The van der Waals surface area contributed by atoms with E-state index in [2.05, 4.69) is 0 Å². The Morgan fingerprint density at radius 3 is 0.286 bits per heavy atom. The molecule has 0 saturated heterocycles. The van der Waals surface area contributed by atoms with E-state index in [0.29, 0.717) is 0 Å². The molecule has 58 valence electrons. The van der Waals surface area contributed by atoms with Crippen molar-refractivity contribution in [3.8, 4) is 0 Å². The van der Waals surface area contributed by atoms with Gasteiger partial charge in [0.2, 0.25) is 0 Å². The Morgan fingerprint density at radius 2 is 0.286 bits per heavy atom. The van der Waals surface area contributed by atoms with E-state index in [-0.39, 0.29) is 57.3 Å². The minimum Gasteiger partial charge on any atom is -0.344 e. The van der Waals surface area contributed by atoms with Crippen molar-refractivity contribution in [1.29, 1.82) is 0 Å². The topological polar surface area (TPSA) is 210 Å². The fraction of sp³-hybridized carbons (Fsp3) is 0. The van der Waals surface area contributed by atoms with Crippen LogP contribution in [0.5, 0.6) is 0 Å². The Kier molecular flexibility index (Phi) is 260000. The maximum absolute atomic E-state index is 0. The van der Waals surface area contributed by atoms with Crippen molar-refractivity contribution >= 4 is 0 Å². The second-order valence-corrected chi connectivity index (χ2v) is 0. The van der Waals surface area contributed by atoms with E-state index in [9.17, 15) is 0 Å². The molecule has 0 aliphatic carbocycles. The fourth-order valence-corrected chi connectivity index (χ4v) is 0. The third-order valence-corrected chi connectivity index (χ3v) is 0. The molecule has 0 aliphatic heterocycles. The second kappa shape index (κ2) is 1060. The zero-order valence-corrected chi connectivity index (χ0v) is 6.11. The predicted molar refractivity (Wildman–Crippen MR) is 30.1 cm³/mol. The second-order valence-electron chi connectivity index (χ2n) is 0. The standard InChI is InChI=1S/6H3N.Pd/h6*1H3;. The summed E-state index contributed by atoms with van der Waals surface area (Å²) in [5.41, 5.74) is 0. The monoisotopic (exact) mass is 208 g/mol. The third-order valence-electron chi connectivity index (χ3n) is 0. The van der Waals surface area contributed by atoms with Crippen LogP contribution < -0.4 is 36.9 Å². The summed E-state index contributed by atoms with van der Waals surface area (Å²) in [5.74, 6) is 0. The van der Waals surface area contributed by atoms with E-state index in [1.807, 2.05) is 0 Å². The summed E-state index contributed by atoms with van der Waals surface area (Å²) in [6.07, 6.45) is 0. The SMILES string of the molecule is N.N.N.N.N.N.[Pd]. The molecule has 0 fully saturated rings. The molecule has 0 bridgehead atoms. The molecular formula is H18N6Pd. The van der Waals surface area contributed by atoms with Crippen molar-refractivity contribution in [3.05, 3.63) is 0 Å². The predicted octanol–water partition coefficient (Wildman–Crippen LogP) is 0.969. The Balaban J connectivity index is 0. The number of rotatable bonds is 0. The maximum atomic E-state index is 0. The van der Waals surface area contributed by atoms with Crippen molar-refractivity contribution in [2.24, 2.45) is 0 Å². The van der Waals surface area contributed by atoms with Gasteiger partial charge in [0, 0.05) is 20.4 Å². The molecule has 0 radical (unpaired) electrons. The van der Waals surface area contributed by atoms with Crippen molar-refractivity contribution < 1.29 is 20.4 Å². The van der Waals surface area contributed by atoms with Gasteiger partial charge >= 0.3 is 0 Å². The zero-order chi connectivity index (χ0) is 0. The Labute approximate surface area is 58.0 Å². The van der Waals surface area contributed by atoms with Gasteiger partial charge < -0.3 is 36.9 Å². The maximum Gasteiger partial charge on any atom is 0 e. The smallest absolute Gasteiger partial charge is 0 e. The van der Waals surface area contributed by atoms with Gasteiger partial charge in [-0.2, -0.15) is 0 Å². The molecule has 7 heavy (non-hydrogen) atoms. The summed E-state index contributed by atoms with van der Waals surface area (Å²) in [5, 5.41) is 0. The van der Waals surface area contributed by atoms with Crippen molar-refractivity contribution in [2.45, 2.75) is 0 Å². The molecule has 0 aromatic carbocycles. The molecule has 0 aromatic heterocycles. The van der Waals surface area contributed by atoms with Crippen LogP contribution in [0.2, 0.25) is 0 Å². The van der Waals surface area contributed by atoms with Crippen LogP contribution in [0.4, 0.5) is 0 Å². The van der Waals surface area contributed by atoms with Gasteiger partial charge in [-0.25, -0.2) is 0 Å². The summed E-state index contributed by atoms with van der Waals surface area (Å²) < 4.78 is 0. The average Bonchev–Trinajstić information content (AvgIpc) is 0. The normalized spacial score (nSPS) is 0. The molecule has 0 aromatic rings. The Hall–Kier alpha value is 0.422. The molecule has 18 N–H and O–H groups in total. The van der Waals surface area contributed by atoms with Gasteiger partial charge in [-0.3, -0.25) is 0 Å². The Bertz CT molecular complexity index is 4.14. The average molecular weight is 209 g/mol. The van der Waals surface area contributed by atoms with Gasteiger partial charge in [-0.15, -0.1) is 0 Å². The van der Waals surface area contributed by atoms with Crippen molar-refractivity contribution in [2.75, 3.05) is 0 Å². The number of hydrogen-bond acceptors (Lipinski definition) is 6. The van der Waals surface area contributed by atoms with Crippen molar-refractivity contribution in [1.82, 2.24) is 36.9 Å². The van der Waals surface area contributed by atoms with Crippen LogP contribution in [0.3, 0.4) is 0 Å². The van der Waals surface area contributed by atoms with E-state index < -0.39 is 0 Å². The molecule has 0 saturated carbocycles. The molecule has 0 rings (SSSR count). The van der Waals surface area contributed by atoms with Crippen LogP contribution in [0.15, 0.2) is 0 Å². The zero-order valence-electron chi connectivity index (χ0n) is 4.56. The van der Waals surface area contributed by atoms with Gasteiger partial charge in [0.15, 0.2) is 0 Å². The molecule has 0 unspecified atom stereocenters.